The molecule has 0 amide bonds. The number of hydrogen-bond donors (Lipinski definition) is 1. The summed E-state index contributed by atoms with van der Waals surface area (Å²) in [7, 11) is 0. The van der Waals surface area contributed by atoms with Gasteiger partial charge in [0.15, 0.2) is 6.23 Å². The highest BCUT2D eigenvalue weighted by molar-refractivity contribution is 8.28. The summed E-state index contributed by atoms with van der Waals surface area (Å²) in [5, 5.41) is 11.1. The summed E-state index contributed by atoms with van der Waals surface area (Å²) >= 11 is 16.4. The van der Waals surface area contributed by atoms with Gasteiger partial charge in [0, 0.05) is 23.0 Å². The molecule has 12 heteroatoms. The third-order valence-electron chi connectivity index (χ3n) is 6.21. The minimum Gasteiger partial charge on any atom is -0.480 e. The summed E-state index contributed by atoms with van der Waals surface area (Å²) < 4.78 is 9.44. The zero-order valence-corrected chi connectivity index (χ0v) is 23.3. The maximum atomic E-state index is 13.2. The molecule has 0 aromatic carbocycles. The summed E-state index contributed by atoms with van der Waals surface area (Å²) in [5.74, 6) is -0.635. The minimum atomic E-state index is -0.952. The molecule has 4 heterocycles. The molecule has 1 aliphatic carbocycles. The molecular weight excluding hydrogens is 546 g/mol. The van der Waals surface area contributed by atoms with Crippen molar-refractivity contribution in [2.75, 3.05) is 13.1 Å². The summed E-state index contributed by atoms with van der Waals surface area (Å²) in [6.07, 6.45) is 6.27. The van der Waals surface area contributed by atoms with E-state index >= 15 is 0 Å². The number of halogens is 1. The van der Waals surface area contributed by atoms with E-state index in [2.05, 4.69) is 24.8 Å². The number of thiazole rings is 1. The lowest BCUT2D eigenvalue weighted by molar-refractivity contribution is -0.137. The predicted molar refractivity (Wildman–Crippen MR) is 147 cm³/mol. The third-order valence-corrected chi connectivity index (χ3v) is 10.7. The quantitative estimate of drug-likeness (QED) is 0.425. The van der Waals surface area contributed by atoms with Gasteiger partial charge in [-0.1, -0.05) is 54.3 Å². The number of aliphatic carboxylic acids is 1. The number of hydrogen-bond acceptors (Lipinski definition) is 8. The first-order valence-corrected chi connectivity index (χ1v) is 14.5. The fraction of sp³-hybridized carbons (Fsp3) is 0.435. The average Bonchev–Trinajstić information content (AvgIpc) is 3.45. The number of thiocarbonyl (C=S) groups is 1. The van der Waals surface area contributed by atoms with Gasteiger partial charge in [-0.2, -0.15) is 0 Å². The van der Waals surface area contributed by atoms with Gasteiger partial charge in [-0.25, -0.2) is 0 Å². The van der Waals surface area contributed by atoms with Crippen LogP contribution in [0.25, 0.3) is 11.0 Å². The van der Waals surface area contributed by atoms with E-state index in [1.165, 1.54) is 28.0 Å². The van der Waals surface area contributed by atoms with Crippen molar-refractivity contribution in [1.29, 1.82) is 0 Å². The first-order valence-electron chi connectivity index (χ1n) is 11.3. The number of carbonyl (C=O) groups is 1. The van der Waals surface area contributed by atoms with E-state index in [1.54, 1.807) is 21.2 Å². The van der Waals surface area contributed by atoms with Crippen molar-refractivity contribution >= 4 is 80.0 Å². The number of thioether (sulfide) groups is 2. The fourth-order valence-corrected chi connectivity index (χ4v) is 8.61. The fourth-order valence-electron chi connectivity index (χ4n) is 4.37. The second-order valence-corrected chi connectivity index (χ2v) is 12.7. The Bertz CT molecular complexity index is 1390. The molecule has 4 aliphatic rings. The number of epoxide rings is 1. The van der Waals surface area contributed by atoms with E-state index in [0.29, 0.717) is 21.3 Å². The lowest BCUT2D eigenvalue weighted by atomic mass is 10.0. The van der Waals surface area contributed by atoms with Gasteiger partial charge in [-0.15, -0.1) is 11.3 Å². The Morgan fingerprint density at radius 2 is 2.09 bits per heavy atom. The lowest BCUT2D eigenvalue weighted by Crippen LogP contribution is -2.40. The molecule has 2 saturated heterocycles. The SMILES string of the molecule is CCN1C2=C(CC(C)C(Cl)=C2)S/C1=C\C=c1\s/c(=C2\SC(=S)N(CC(=O)O)C3OC23)n(CC)c1=O. The van der Waals surface area contributed by atoms with Crippen LogP contribution in [0.5, 0.6) is 0 Å². The number of carboxylic acid groups (broad SMARTS) is 1. The molecule has 7 nitrogen and oxygen atoms in total. The van der Waals surface area contributed by atoms with Crippen LogP contribution in [0.4, 0.5) is 0 Å². The molecule has 0 bridgehead atoms. The monoisotopic (exact) mass is 569 g/mol. The van der Waals surface area contributed by atoms with Crippen LogP contribution in [0.1, 0.15) is 27.2 Å². The highest BCUT2D eigenvalue weighted by Crippen LogP contribution is 2.49. The number of ether oxygens (including phenoxy) is 1. The molecule has 1 aromatic rings. The second kappa shape index (κ2) is 9.75. The van der Waals surface area contributed by atoms with Crippen LogP contribution in [0.15, 0.2) is 37.6 Å². The molecule has 1 N–H and O–H groups in total. The number of aromatic nitrogens is 1. The van der Waals surface area contributed by atoms with Crippen LogP contribution >= 0.6 is 58.7 Å². The zero-order valence-electron chi connectivity index (χ0n) is 19.3. The van der Waals surface area contributed by atoms with E-state index in [0.717, 1.165) is 38.3 Å². The van der Waals surface area contributed by atoms with Crippen molar-refractivity contribution in [1.82, 2.24) is 14.4 Å². The van der Waals surface area contributed by atoms with Crippen LogP contribution in [-0.2, 0) is 16.1 Å². The van der Waals surface area contributed by atoms with E-state index in [4.69, 9.17) is 33.7 Å². The molecule has 3 atom stereocenters. The maximum absolute atomic E-state index is 13.2. The molecular formula is C23H24ClN3O4S4. The Balaban J connectivity index is 1.50. The van der Waals surface area contributed by atoms with Gasteiger partial charge in [-0.05, 0) is 44.4 Å². The number of nitrogens with zero attached hydrogens (tertiary/aromatic N) is 3. The van der Waals surface area contributed by atoms with Crippen LogP contribution in [-0.4, -0.2) is 55.2 Å². The molecule has 3 aliphatic heterocycles. The standard InChI is InChI=1S/C23H24ClN3O4S4/c1-4-25-13-9-12(24)11(3)8-15(13)33-16(25)7-6-14-20(30)26(5-2)22(34-14)19-18-21(31-18)27(10-17(28)29)23(32)35-19/h6-7,9,11,18,21H,4-5,8,10H2,1-3H3,(H,28,29)/b14-6+,16-7-,22-19-. The highest BCUT2D eigenvalue weighted by Gasteiger charge is 2.53. The molecule has 35 heavy (non-hydrogen) atoms. The average molecular weight is 570 g/mol. The molecule has 1 aromatic heterocycles. The Morgan fingerprint density at radius 3 is 2.77 bits per heavy atom. The van der Waals surface area contributed by atoms with Gasteiger partial charge in [0.05, 0.1) is 20.2 Å². The predicted octanol–water partition coefficient (Wildman–Crippen LogP) is 3.25. The Labute approximate surface area is 225 Å². The van der Waals surface area contributed by atoms with Crippen LogP contribution in [0.3, 0.4) is 0 Å². The first kappa shape index (κ1) is 25.2. The molecule has 5 rings (SSSR count). The van der Waals surface area contributed by atoms with Crippen LogP contribution < -0.4 is 14.8 Å². The van der Waals surface area contributed by atoms with Gasteiger partial charge >= 0.3 is 5.97 Å². The van der Waals surface area contributed by atoms with Gasteiger partial charge in [0.2, 0.25) is 0 Å². The molecule has 2 fully saturated rings. The van der Waals surface area contributed by atoms with Gasteiger partial charge in [-0.3, -0.25) is 14.2 Å². The van der Waals surface area contributed by atoms with Crippen LogP contribution in [0.2, 0.25) is 0 Å². The second-order valence-electron chi connectivity index (χ2n) is 8.48. The normalized spacial score (nSPS) is 29.1. The number of likely N-dealkylation sites (N-methyl/N-ethyl adjacent to an activating group) is 1. The summed E-state index contributed by atoms with van der Waals surface area (Å²) in [5.41, 5.74) is 1.11. The first-order chi connectivity index (χ1) is 16.7. The van der Waals surface area contributed by atoms with Crippen LogP contribution in [0, 0.1) is 5.92 Å². The van der Waals surface area contributed by atoms with Gasteiger partial charge in [0.25, 0.3) is 5.56 Å². The molecule has 0 saturated carbocycles. The maximum Gasteiger partial charge on any atom is 0.323 e. The number of rotatable bonds is 5. The molecule has 186 valence electrons. The topological polar surface area (TPSA) is 78.3 Å². The Morgan fingerprint density at radius 1 is 1.31 bits per heavy atom. The third kappa shape index (κ3) is 4.55. The zero-order chi connectivity index (χ0) is 25.0. The Hall–Kier alpha value is -1.50. The van der Waals surface area contributed by atoms with Crippen molar-refractivity contribution in [3.63, 3.8) is 0 Å². The van der Waals surface area contributed by atoms with Gasteiger partial charge < -0.3 is 19.6 Å². The van der Waals surface area contributed by atoms with Crippen molar-refractivity contribution in [2.45, 2.75) is 46.1 Å². The largest absolute Gasteiger partial charge is 0.480 e. The minimum absolute atomic E-state index is 0.0473. The van der Waals surface area contributed by atoms with E-state index in [-0.39, 0.29) is 24.4 Å². The van der Waals surface area contributed by atoms with Crippen molar-refractivity contribution < 1.29 is 14.6 Å². The number of fused-ring (bicyclic) bond motifs is 1. The number of carboxylic acids is 1. The highest BCUT2D eigenvalue weighted by atomic mass is 35.5. The lowest BCUT2D eigenvalue weighted by Gasteiger charge is -2.24. The molecule has 3 unspecified atom stereocenters. The van der Waals surface area contributed by atoms with Crippen molar-refractivity contribution in [3.8, 4) is 0 Å². The number of allylic oxidation sites excluding steroid dienone is 4. The summed E-state index contributed by atoms with van der Waals surface area (Å²) in [6, 6.07) is 0. The Kier molecular flexibility index (Phi) is 7.01. The van der Waals surface area contributed by atoms with E-state index < -0.39 is 5.97 Å². The van der Waals surface area contributed by atoms with E-state index in [1.807, 2.05) is 19.1 Å². The smallest absolute Gasteiger partial charge is 0.323 e. The van der Waals surface area contributed by atoms with E-state index in [9.17, 15) is 9.59 Å². The molecule has 0 spiro atoms. The van der Waals surface area contributed by atoms with Crippen molar-refractivity contribution in [2.24, 2.45) is 5.92 Å². The summed E-state index contributed by atoms with van der Waals surface area (Å²) in [6.45, 7) is 7.33. The summed E-state index contributed by atoms with van der Waals surface area (Å²) in [4.78, 5) is 30.4. The molecule has 0 radical (unpaired) electrons. The van der Waals surface area contributed by atoms with Crippen molar-refractivity contribution in [3.05, 3.63) is 52.4 Å². The van der Waals surface area contributed by atoms with Gasteiger partial charge in [0.1, 0.15) is 21.6 Å².